The van der Waals surface area contributed by atoms with Gasteiger partial charge in [-0.25, -0.2) is 4.39 Å². The first-order chi connectivity index (χ1) is 6.38. The minimum absolute atomic E-state index is 0.354. The highest BCUT2D eigenvalue weighted by Crippen LogP contribution is 2.15. The van der Waals surface area contributed by atoms with Crippen molar-refractivity contribution >= 4 is 15.9 Å². The topological polar surface area (TPSA) is 20.2 Å². The summed E-state index contributed by atoms with van der Waals surface area (Å²) < 4.78 is 13.4. The van der Waals surface area contributed by atoms with Crippen molar-refractivity contribution in [1.82, 2.24) is 0 Å². The molecule has 74 valence electrons. The van der Waals surface area contributed by atoms with Gasteiger partial charge in [0.05, 0.1) is 4.47 Å². The van der Waals surface area contributed by atoms with E-state index in [2.05, 4.69) is 27.8 Å². The third-order valence-electron chi connectivity index (χ3n) is 1.43. The van der Waals surface area contributed by atoms with E-state index in [1.807, 2.05) is 0 Å². The van der Waals surface area contributed by atoms with Crippen LogP contribution < -0.4 is 0 Å². The Labute approximate surface area is 91.1 Å². The van der Waals surface area contributed by atoms with Crippen LogP contribution in [0.25, 0.3) is 0 Å². The molecular formula is C11H10BrFO. The smallest absolute Gasteiger partial charge is 0.138 e. The Bertz CT molecular complexity index is 396. The lowest BCUT2D eigenvalue weighted by atomic mass is 10.1. The van der Waals surface area contributed by atoms with Gasteiger partial charge in [-0.05, 0) is 48.0 Å². The molecule has 0 fully saturated rings. The number of hydrogen-bond acceptors (Lipinski definition) is 1. The number of halogens is 2. The van der Waals surface area contributed by atoms with Gasteiger partial charge in [0.25, 0.3) is 0 Å². The quantitative estimate of drug-likeness (QED) is 0.708. The summed E-state index contributed by atoms with van der Waals surface area (Å²) in [4.78, 5) is 0. The van der Waals surface area contributed by atoms with Crippen molar-refractivity contribution in [3.8, 4) is 11.8 Å². The molecule has 0 aliphatic heterocycles. The molecule has 0 saturated carbocycles. The van der Waals surface area contributed by atoms with E-state index in [0.29, 0.717) is 10.0 Å². The van der Waals surface area contributed by atoms with Crippen LogP contribution in [-0.4, -0.2) is 10.7 Å². The molecule has 0 bridgehead atoms. The van der Waals surface area contributed by atoms with Crippen molar-refractivity contribution in [2.75, 3.05) is 0 Å². The second-order valence-corrected chi connectivity index (χ2v) is 4.29. The fraction of sp³-hybridized carbons (Fsp3) is 0.273. The van der Waals surface area contributed by atoms with Gasteiger partial charge in [0.2, 0.25) is 0 Å². The fourth-order valence-corrected chi connectivity index (χ4v) is 1.05. The van der Waals surface area contributed by atoms with E-state index in [0.717, 1.165) is 0 Å². The average Bonchev–Trinajstić information content (AvgIpc) is 2.06. The van der Waals surface area contributed by atoms with Gasteiger partial charge >= 0.3 is 0 Å². The van der Waals surface area contributed by atoms with E-state index < -0.39 is 5.60 Å². The number of hydrogen-bond donors (Lipinski definition) is 1. The van der Waals surface area contributed by atoms with Gasteiger partial charge in [-0.2, -0.15) is 0 Å². The number of benzene rings is 1. The van der Waals surface area contributed by atoms with Gasteiger partial charge < -0.3 is 5.11 Å². The molecule has 1 N–H and O–H groups in total. The van der Waals surface area contributed by atoms with Crippen LogP contribution in [0.3, 0.4) is 0 Å². The predicted octanol–water partition coefficient (Wildman–Crippen LogP) is 2.71. The summed E-state index contributed by atoms with van der Waals surface area (Å²) in [5.74, 6) is 4.95. The lowest BCUT2D eigenvalue weighted by Gasteiger charge is -2.05. The molecule has 1 rings (SSSR count). The molecule has 0 unspecified atom stereocenters. The summed E-state index contributed by atoms with van der Waals surface area (Å²) in [7, 11) is 0. The van der Waals surface area contributed by atoms with Crippen molar-refractivity contribution in [1.29, 1.82) is 0 Å². The van der Waals surface area contributed by atoms with Gasteiger partial charge in [-0.3, -0.25) is 0 Å². The Morgan fingerprint density at radius 3 is 2.57 bits per heavy atom. The van der Waals surface area contributed by atoms with Crippen LogP contribution in [0.5, 0.6) is 0 Å². The van der Waals surface area contributed by atoms with E-state index in [-0.39, 0.29) is 5.82 Å². The summed E-state index contributed by atoms with van der Waals surface area (Å²) in [6.07, 6.45) is 0. The Balaban J connectivity index is 2.98. The second-order valence-electron chi connectivity index (χ2n) is 3.44. The molecule has 1 aromatic rings. The monoisotopic (exact) mass is 256 g/mol. The zero-order valence-corrected chi connectivity index (χ0v) is 9.52. The third kappa shape index (κ3) is 3.49. The minimum Gasteiger partial charge on any atom is -0.378 e. The summed E-state index contributed by atoms with van der Waals surface area (Å²) in [6, 6.07) is 4.60. The van der Waals surface area contributed by atoms with E-state index in [9.17, 15) is 9.50 Å². The summed E-state index contributed by atoms with van der Waals surface area (Å²) in [6.45, 7) is 3.16. The number of aliphatic hydroxyl groups is 1. The lowest BCUT2D eigenvalue weighted by Crippen LogP contribution is -2.14. The first kappa shape index (κ1) is 11.2. The van der Waals surface area contributed by atoms with Crippen molar-refractivity contribution in [3.05, 3.63) is 34.1 Å². The molecule has 0 amide bonds. The molecule has 3 heteroatoms. The SMILES string of the molecule is CC(C)(O)C#Cc1ccc(Br)c(F)c1. The van der Waals surface area contributed by atoms with Crippen LogP contribution in [0, 0.1) is 17.7 Å². The average molecular weight is 257 g/mol. The molecule has 0 aromatic heterocycles. The van der Waals surface area contributed by atoms with Crippen molar-refractivity contribution in [3.63, 3.8) is 0 Å². The van der Waals surface area contributed by atoms with Crippen LogP contribution in [-0.2, 0) is 0 Å². The Hall–Kier alpha value is -0.850. The highest BCUT2D eigenvalue weighted by Gasteiger charge is 2.06. The van der Waals surface area contributed by atoms with E-state index in [4.69, 9.17) is 0 Å². The fourth-order valence-electron chi connectivity index (χ4n) is 0.799. The highest BCUT2D eigenvalue weighted by atomic mass is 79.9. The van der Waals surface area contributed by atoms with E-state index >= 15 is 0 Å². The summed E-state index contributed by atoms with van der Waals surface area (Å²) >= 11 is 3.05. The normalized spacial score (nSPS) is 10.6. The van der Waals surface area contributed by atoms with E-state index in [1.165, 1.54) is 6.07 Å². The van der Waals surface area contributed by atoms with Crippen LogP contribution in [0.2, 0.25) is 0 Å². The summed E-state index contributed by atoms with van der Waals surface area (Å²) in [5.41, 5.74) is -0.503. The molecule has 0 spiro atoms. The first-order valence-electron chi connectivity index (χ1n) is 4.09. The highest BCUT2D eigenvalue weighted by molar-refractivity contribution is 9.10. The van der Waals surface area contributed by atoms with Gasteiger partial charge in [0, 0.05) is 5.56 Å². The molecule has 0 radical (unpaired) electrons. The van der Waals surface area contributed by atoms with E-state index in [1.54, 1.807) is 26.0 Å². The van der Waals surface area contributed by atoms with Crippen molar-refractivity contribution in [2.45, 2.75) is 19.4 Å². The van der Waals surface area contributed by atoms with Gasteiger partial charge in [0.15, 0.2) is 0 Å². The third-order valence-corrected chi connectivity index (χ3v) is 2.08. The molecule has 0 atom stereocenters. The van der Waals surface area contributed by atoms with Crippen LogP contribution >= 0.6 is 15.9 Å². The second kappa shape index (κ2) is 4.12. The molecule has 0 aliphatic rings. The van der Waals surface area contributed by atoms with Gasteiger partial charge in [0.1, 0.15) is 11.4 Å². The molecule has 0 saturated heterocycles. The van der Waals surface area contributed by atoms with Crippen LogP contribution in [0.15, 0.2) is 22.7 Å². The standard InChI is InChI=1S/C11H10BrFO/c1-11(2,14)6-5-8-3-4-9(12)10(13)7-8/h3-4,7,14H,1-2H3. The Kier molecular flexibility index (Phi) is 3.30. The van der Waals surface area contributed by atoms with Crippen LogP contribution in [0.1, 0.15) is 19.4 Å². The molecule has 0 aliphatic carbocycles. The lowest BCUT2D eigenvalue weighted by molar-refractivity contribution is 0.143. The zero-order chi connectivity index (χ0) is 10.8. The minimum atomic E-state index is -1.05. The molecule has 1 nitrogen and oxygen atoms in total. The molecule has 0 heterocycles. The Morgan fingerprint density at radius 2 is 2.07 bits per heavy atom. The maximum absolute atomic E-state index is 13.0. The molecular weight excluding hydrogens is 247 g/mol. The maximum Gasteiger partial charge on any atom is 0.138 e. The summed E-state index contributed by atoms with van der Waals surface area (Å²) in [5, 5.41) is 9.33. The van der Waals surface area contributed by atoms with Gasteiger partial charge in [-0.1, -0.05) is 11.8 Å². The van der Waals surface area contributed by atoms with Crippen molar-refractivity contribution in [2.24, 2.45) is 0 Å². The molecule has 14 heavy (non-hydrogen) atoms. The molecule has 1 aromatic carbocycles. The zero-order valence-electron chi connectivity index (χ0n) is 7.94. The van der Waals surface area contributed by atoms with Gasteiger partial charge in [-0.15, -0.1) is 0 Å². The number of rotatable bonds is 0. The van der Waals surface area contributed by atoms with Crippen molar-refractivity contribution < 1.29 is 9.50 Å². The maximum atomic E-state index is 13.0. The van der Waals surface area contributed by atoms with Crippen LogP contribution in [0.4, 0.5) is 4.39 Å². The Morgan fingerprint density at radius 1 is 1.43 bits per heavy atom. The largest absolute Gasteiger partial charge is 0.378 e. The first-order valence-corrected chi connectivity index (χ1v) is 4.88. The predicted molar refractivity (Wildman–Crippen MR) is 57.3 cm³/mol.